The Kier molecular flexibility index (Phi) is 9.07. The van der Waals surface area contributed by atoms with Crippen molar-refractivity contribution < 1.29 is 4.42 Å². The van der Waals surface area contributed by atoms with Crippen LogP contribution in [0.15, 0.2) is 241 Å². The predicted molar refractivity (Wildman–Crippen MR) is 323 cm³/mol. The van der Waals surface area contributed by atoms with Gasteiger partial charge in [0.25, 0.3) is 0 Å². The molecule has 0 spiro atoms. The van der Waals surface area contributed by atoms with Gasteiger partial charge in [0.15, 0.2) is 11.6 Å². The number of fused-ring (bicyclic) bond motifs is 16. The molecule has 0 aliphatic rings. The third-order valence-electron chi connectivity index (χ3n) is 15.6. The zero-order chi connectivity index (χ0) is 50.3. The van der Waals surface area contributed by atoms with Crippen LogP contribution in [0.1, 0.15) is 0 Å². The standard InChI is InChI=1S/C69H39N5OS2/c1-3-16-40(17-4-1)67-70-68(72-69(71-67)74-55-27-11-8-21-47(55)51-36-35-50-46-20-7-10-26-54(46)73(65(50)66(51)74)43-18-5-2-6-19-43)52-25-13-28-57-62(52)53-38-41(33-37-56(53)75-57)44-23-14-30-59-63(44)64-45(24-15-31-60(64)77-59)42-32-34-49-48-22-9-12-29-58(48)76-61(49)39-42/h1-39H. The van der Waals surface area contributed by atoms with Crippen LogP contribution in [0.4, 0.5) is 0 Å². The molecule has 6 nitrogen and oxygen atoms in total. The number of hydrogen-bond acceptors (Lipinski definition) is 6. The summed E-state index contributed by atoms with van der Waals surface area (Å²) in [4.78, 5) is 16.4. The fourth-order valence-electron chi connectivity index (χ4n) is 12.3. The second-order valence-electron chi connectivity index (χ2n) is 19.8. The van der Waals surface area contributed by atoms with Gasteiger partial charge < -0.3 is 8.98 Å². The Morgan fingerprint density at radius 2 is 0.857 bits per heavy atom. The van der Waals surface area contributed by atoms with E-state index in [1.165, 1.54) is 62.4 Å². The Morgan fingerprint density at radius 1 is 0.312 bits per heavy atom. The summed E-state index contributed by atoms with van der Waals surface area (Å²) in [5.41, 5.74) is 13.4. The monoisotopic (exact) mass is 1020 g/mol. The molecule has 0 fully saturated rings. The summed E-state index contributed by atoms with van der Waals surface area (Å²) >= 11 is 3.72. The summed E-state index contributed by atoms with van der Waals surface area (Å²) < 4.78 is 16.6. The van der Waals surface area contributed by atoms with Crippen molar-refractivity contribution in [2.24, 2.45) is 0 Å². The van der Waals surface area contributed by atoms with Crippen molar-refractivity contribution >= 4 is 129 Å². The SMILES string of the molecule is c1ccc(-c2nc(-c3cccc4oc5ccc(-c6cccc7sc8cccc(-c9ccc%10c(c9)sc9ccccc9%10)c8c67)cc5c34)nc(-n3c4ccccc4c4ccc5c6ccccc6n(-c6ccccc6)c5c43)n2)cc1. The number of furan rings is 1. The minimum Gasteiger partial charge on any atom is -0.456 e. The maximum atomic E-state index is 6.77. The molecular weight excluding hydrogens is 979 g/mol. The van der Waals surface area contributed by atoms with Crippen LogP contribution < -0.4 is 0 Å². The minimum atomic E-state index is 0.529. The highest BCUT2D eigenvalue weighted by molar-refractivity contribution is 7.26. The molecule has 8 heteroatoms. The van der Waals surface area contributed by atoms with E-state index in [9.17, 15) is 0 Å². The number of para-hydroxylation sites is 3. The Hall–Kier alpha value is -9.73. The lowest BCUT2D eigenvalue weighted by Crippen LogP contribution is -2.07. The molecule has 17 rings (SSSR count). The first kappa shape index (κ1) is 42.6. The van der Waals surface area contributed by atoms with Crippen LogP contribution in [0.25, 0.3) is 163 Å². The lowest BCUT2D eigenvalue weighted by molar-refractivity contribution is 0.669. The first-order valence-electron chi connectivity index (χ1n) is 25.8. The van der Waals surface area contributed by atoms with E-state index in [2.05, 4.69) is 221 Å². The number of hydrogen-bond donors (Lipinski definition) is 0. The maximum absolute atomic E-state index is 6.77. The van der Waals surface area contributed by atoms with Crippen molar-refractivity contribution in [3.63, 3.8) is 0 Å². The van der Waals surface area contributed by atoms with E-state index in [1.807, 2.05) is 46.9 Å². The highest BCUT2D eigenvalue weighted by Gasteiger charge is 2.25. The number of rotatable bonds is 6. The minimum absolute atomic E-state index is 0.529. The van der Waals surface area contributed by atoms with E-state index < -0.39 is 0 Å². The third-order valence-corrected chi connectivity index (χ3v) is 17.9. The summed E-state index contributed by atoms with van der Waals surface area (Å²) in [7, 11) is 0. The zero-order valence-corrected chi connectivity index (χ0v) is 42.6. The predicted octanol–water partition coefficient (Wildman–Crippen LogP) is 19.4. The molecule has 0 aliphatic heterocycles. The molecule has 77 heavy (non-hydrogen) atoms. The van der Waals surface area contributed by atoms with Crippen molar-refractivity contribution in [2.75, 3.05) is 0 Å². The number of nitrogens with zero attached hydrogens (tertiary/aromatic N) is 5. The van der Waals surface area contributed by atoms with Crippen molar-refractivity contribution in [3.8, 4) is 56.7 Å². The Labute approximate surface area is 447 Å². The van der Waals surface area contributed by atoms with Gasteiger partial charge in [0.2, 0.25) is 5.95 Å². The van der Waals surface area contributed by atoms with E-state index in [0.29, 0.717) is 17.6 Å². The van der Waals surface area contributed by atoms with Crippen LogP contribution in [-0.4, -0.2) is 24.1 Å². The second kappa shape index (κ2) is 16.4. The highest BCUT2D eigenvalue weighted by Crippen LogP contribution is 2.48. The van der Waals surface area contributed by atoms with Gasteiger partial charge in [0.1, 0.15) is 11.2 Å². The van der Waals surface area contributed by atoms with Gasteiger partial charge in [-0.2, -0.15) is 9.97 Å². The molecule has 0 bridgehead atoms. The summed E-state index contributed by atoms with van der Waals surface area (Å²) in [5, 5.41) is 11.7. The molecule has 0 aliphatic carbocycles. The van der Waals surface area contributed by atoms with Crippen LogP contribution in [0, 0.1) is 0 Å². The van der Waals surface area contributed by atoms with Gasteiger partial charge in [-0.1, -0.05) is 170 Å². The Morgan fingerprint density at radius 3 is 1.61 bits per heavy atom. The highest BCUT2D eigenvalue weighted by atomic mass is 32.1. The van der Waals surface area contributed by atoms with Crippen LogP contribution in [0.3, 0.4) is 0 Å². The molecule has 0 saturated heterocycles. The molecule has 0 saturated carbocycles. The third kappa shape index (κ3) is 6.31. The van der Waals surface area contributed by atoms with Crippen molar-refractivity contribution in [3.05, 3.63) is 237 Å². The van der Waals surface area contributed by atoms with E-state index in [1.54, 1.807) is 0 Å². The molecule has 0 unspecified atom stereocenters. The normalized spacial score (nSPS) is 12.2. The van der Waals surface area contributed by atoms with Crippen LogP contribution >= 0.6 is 22.7 Å². The van der Waals surface area contributed by atoms with Crippen molar-refractivity contribution in [1.29, 1.82) is 0 Å². The van der Waals surface area contributed by atoms with Crippen LogP contribution in [-0.2, 0) is 0 Å². The van der Waals surface area contributed by atoms with E-state index >= 15 is 0 Å². The molecule has 6 heterocycles. The van der Waals surface area contributed by atoms with Gasteiger partial charge >= 0.3 is 0 Å². The zero-order valence-electron chi connectivity index (χ0n) is 41.0. The summed E-state index contributed by atoms with van der Waals surface area (Å²) in [6, 6.07) is 84.8. The molecule has 358 valence electrons. The largest absolute Gasteiger partial charge is 0.456 e. The quantitative estimate of drug-likeness (QED) is 0.166. The first-order chi connectivity index (χ1) is 38.2. The van der Waals surface area contributed by atoms with Crippen LogP contribution in [0.5, 0.6) is 0 Å². The van der Waals surface area contributed by atoms with Crippen LogP contribution in [0.2, 0.25) is 0 Å². The van der Waals surface area contributed by atoms with E-state index in [0.717, 1.165) is 82.5 Å². The van der Waals surface area contributed by atoms with Gasteiger partial charge in [-0.05, 0) is 89.0 Å². The molecule has 6 aromatic heterocycles. The molecule has 0 radical (unpaired) electrons. The average Bonchev–Trinajstić information content (AvgIpc) is 4.49. The number of thiophene rings is 2. The van der Waals surface area contributed by atoms with Gasteiger partial charge in [-0.25, -0.2) is 4.98 Å². The molecular formula is C69H39N5OS2. The van der Waals surface area contributed by atoms with Gasteiger partial charge in [0.05, 0.1) is 22.1 Å². The molecule has 0 N–H and O–H groups in total. The number of aromatic nitrogens is 5. The molecule has 11 aromatic carbocycles. The summed E-state index contributed by atoms with van der Waals surface area (Å²) in [5.74, 6) is 1.66. The Bertz CT molecular complexity index is 5290. The summed E-state index contributed by atoms with van der Waals surface area (Å²) in [6.07, 6.45) is 0. The topological polar surface area (TPSA) is 61.7 Å². The van der Waals surface area contributed by atoms with Gasteiger partial charge in [-0.3, -0.25) is 4.57 Å². The smallest absolute Gasteiger partial charge is 0.238 e. The van der Waals surface area contributed by atoms with Gasteiger partial charge in [0, 0.05) is 89.5 Å². The first-order valence-corrected chi connectivity index (χ1v) is 27.5. The fourth-order valence-corrected chi connectivity index (χ4v) is 14.6. The lowest BCUT2D eigenvalue weighted by Gasteiger charge is -2.13. The van der Waals surface area contributed by atoms with Crippen molar-refractivity contribution in [2.45, 2.75) is 0 Å². The molecule has 17 aromatic rings. The second-order valence-corrected chi connectivity index (χ2v) is 22.0. The summed E-state index contributed by atoms with van der Waals surface area (Å²) in [6.45, 7) is 0. The average molecular weight is 1020 g/mol. The maximum Gasteiger partial charge on any atom is 0.238 e. The number of benzene rings is 11. The van der Waals surface area contributed by atoms with Gasteiger partial charge in [-0.15, -0.1) is 22.7 Å². The molecule has 0 atom stereocenters. The van der Waals surface area contributed by atoms with E-state index in [-0.39, 0.29) is 0 Å². The lowest BCUT2D eigenvalue weighted by atomic mass is 9.93. The van der Waals surface area contributed by atoms with Crippen molar-refractivity contribution in [1.82, 2.24) is 24.1 Å². The molecule has 0 amide bonds. The van der Waals surface area contributed by atoms with E-state index in [4.69, 9.17) is 19.4 Å². The fraction of sp³-hybridized carbons (Fsp3) is 0. The Balaban J connectivity index is 0.898.